The van der Waals surface area contributed by atoms with Crippen LogP contribution in [0.15, 0.2) is 42.6 Å². The number of piperazine rings is 1. The Labute approximate surface area is 141 Å². The number of amides is 1. The Hall–Kier alpha value is -2.64. The third-order valence-corrected chi connectivity index (χ3v) is 4.08. The predicted octanol–water partition coefficient (Wildman–Crippen LogP) is 3.20. The molecule has 0 bridgehead atoms. The molecule has 1 aliphatic rings. The maximum Gasteiger partial charge on any atom is 0.416 e. The van der Waals surface area contributed by atoms with Crippen LogP contribution in [-0.4, -0.2) is 42.0 Å². The second-order valence-electron chi connectivity index (χ2n) is 5.69. The lowest BCUT2D eigenvalue weighted by molar-refractivity contribution is -0.137. The van der Waals surface area contributed by atoms with E-state index in [0.717, 1.165) is 18.2 Å². The van der Waals surface area contributed by atoms with Crippen LogP contribution >= 0.6 is 0 Å². The number of anilines is 1. The van der Waals surface area contributed by atoms with E-state index in [0.29, 0.717) is 31.9 Å². The summed E-state index contributed by atoms with van der Waals surface area (Å²) in [6.45, 7) is 1.50. The molecular weight excluding hydrogens is 338 g/mol. The summed E-state index contributed by atoms with van der Waals surface area (Å²) >= 11 is 0. The van der Waals surface area contributed by atoms with Gasteiger partial charge in [0, 0.05) is 49.7 Å². The van der Waals surface area contributed by atoms with Crippen LogP contribution < -0.4 is 4.90 Å². The van der Waals surface area contributed by atoms with Gasteiger partial charge in [0.2, 0.25) is 5.95 Å². The predicted molar refractivity (Wildman–Crippen MR) is 83.8 cm³/mol. The molecule has 0 N–H and O–H groups in total. The normalized spacial score (nSPS) is 15.4. The minimum Gasteiger partial charge on any atom is -0.368 e. The average molecular weight is 353 g/mol. The fraction of sp³-hybridized carbons (Fsp3) is 0.294. The van der Waals surface area contributed by atoms with Gasteiger partial charge in [-0.1, -0.05) is 6.07 Å². The lowest BCUT2D eigenvalue weighted by Gasteiger charge is -2.36. The van der Waals surface area contributed by atoms with Crippen LogP contribution in [0.25, 0.3) is 0 Å². The number of aromatic nitrogens is 1. The molecule has 1 fully saturated rings. The van der Waals surface area contributed by atoms with Crippen LogP contribution in [0.2, 0.25) is 0 Å². The van der Waals surface area contributed by atoms with Crippen molar-refractivity contribution in [1.82, 2.24) is 9.88 Å². The number of rotatable bonds is 2. The maximum atomic E-state index is 13.1. The van der Waals surface area contributed by atoms with Crippen LogP contribution in [0.3, 0.4) is 0 Å². The third-order valence-electron chi connectivity index (χ3n) is 4.08. The number of alkyl halides is 3. The number of carbonyl (C=O) groups is 1. The molecule has 0 atom stereocenters. The van der Waals surface area contributed by atoms with E-state index < -0.39 is 17.7 Å². The molecule has 0 aliphatic carbocycles. The van der Waals surface area contributed by atoms with Crippen LogP contribution in [0.5, 0.6) is 0 Å². The van der Waals surface area contributed by atoms with Crippen molar-refractivity contribution in [2.24, 2.45) is 0 Å². The van der Waals surface area contributed by atoms with Crippen molar-refractivity contribution >= 4 is 11.6 Å². The van der Waals surface area contributed by atoms with E-state index in [2.05, 4.69) is 4.98 Å². The number of benzene rings is 1. The van der Waals surface area contributed by atoms with Crippen molar-refractivity contribution < 1.29 is 22.4 Å². The number of halogens is 4. The van der Waals surface area contributed by atoms with Gasteiger partial charge in [0.05, 0.1) is 5.56 Å². The zero-order valence-corrected chi connectivity index (χ0v) is 13.1. The summed E-state index contributed by atoms with van der Waals surface area (Å²) in [6, 6.07) is 7.63. The summed E-state index contributed by atoms with van der Waals surface area (Å²) in [7, 11) is 0. The second-order valence-corrected chi connectivity index (χ2v) is 5.69. The Kier molecular flexibility index (Phi) is 4.61. The summed E-state index contributed by atoms with van der Waals surface area (Å²) in [5, 5.41) is 0. The third kappa shape index (κ3) is 3.89. The first kappa shape index (κ1) is 17.2. The smallest absolute Gasteiger partial charge is 0.368 e. The van der Waals surface area contributed by atoms with Crippen molar-refractivity contribution in [2.75, 3.05) is 31.1 Å². The highest BCUT2D eigenvalue weighted by molar-refractivity contribution is 5.94. The van der Waals surface area contributed by atoms with E-state index in [1.807, 2.05) is 0 Å². The minimum absolute atomic E-state index is 0.208. The quantitative estimate of drug-likeness (QED) is 0.615. The monoisotopic (exact) mass is 353 g/mol. The van der Waals surface area contributed by atoms with Crippen LogP contribution in [0.1, 0.15) is 15.9 Å². The summed E-state index contributed by atoms with van der Waals surface area (Å²) in [5.41, 5.74) is -0.0207. The van der Waals surface area contributed by atoms with Gasteiger partial charge >= 0.3 is 6.18 Å². The second kappa shape index (κ2) is 6.70. The zero-order chi connectivity index (χ0) is 18.0. The molecule has 2 aromatic rings. The summed E-state index contributed by atoms with van der Waals surface area (Å²) in [6.07, 6.45) is -3.17. The van der Waals surface area contributed by atoms with Crippen LogP contribution in [0.4, 0.5) is 23.2 Å². The molecule has 1 aromatic heterocycles. The molecule has 4 nitrogen and oxygen atoms in total. The molecule has 1 aromatic carbocycles. The lowest BCUT2D eigenvalue weighted by atomic mass is 10.1. The first-order chi connectivity index (χ1) is 11.8. The van der Waals surface area contributed by atoms with E-state index in [9.17, 15) is 22.4 Å². The minimum atomic E-state index is -4.39. The highest BCUT2D eigenvalue weighted by Gasteiger charge is 2.31. The van der Waals surface area contributed by atoms with Gasteiger partial charge in [-0.2, -0.15) is 17.6 Å². The molecule has 25 heavy (non-hydrogen) atoms. The Morgan fingerprint density at radius 1 is 1.04 bits per heavy atom. The molecule has 0 spiro atoms. The van der Waals surface area contributed by atoms with Gasteiger partial charge in [-0.3, -0.25) is 4.79 Å². The molecule has 0 unspecified atom stereocenters. The summed E-state index contributed by atoms with van der Waals surface area (Å²) in [4.78, 5) is 19.1. The Bertz CT molecular complexity index is 770. The van der Waals surface area contributed by atoms with E-state index in [-0.39, 0.29) is 11.5 Å². The lowest BCUT2D eigenvalue weighted by Crippen LogP contribution is -2.48. The van der Waals surface area contributed by atoms with Gasteiger partial charge in [0.25, 0.3) is 5.91 Å². The van der Waals surface area contributed by atoms with Crippen molar-refractivity contribution in [3.8, 4) is 0 Å². The van der Waals surface area contributed by atoms with E-state index in [1.54, 1.807) is 15.9 Å². The van der Waals surface area contributed by atoms with Crippen molar-refractivity contribution in [3.05, 3.63) is 59.7 Å². The molecule has 0 saturated carbocycles. The number of carbonyl (C=O) groups excluding carboxylic acids is 1. The Balaban J connectivity index is 1.67. The van der Waals surface area contributed by atoms with E-state index in [4.69, 9.17) is 0 Å². The molecule has 3 rings (SSSR count). The molecule has 1 aliphatic heterocycles. The van der Waals surface area contributed by atoms with E-state index in [1.165, 1.54) is 18.3 Å². The number of hydrogen-bond donors (Lipinski definition) is 0. The standard InChI is InChI=1S/C17H15F4N3O/c18-15-10-12(4-5-22-15)16(25)24-8-6-23(7-9-24)14-3-1-2-13(11-14)17(19,20)21/h1-5,10-11H,6-9H2. The van der Waals surface area contributed by atoms with Gasteiger partial charge in [0.15, 0.2) is 0 Å². The Morgan fingerprint density at radius 2 is 1.76 bits per heavy atom. The van der Waals surface area contributed by atoms with Gasteiger partial charge in [-0.05, 0) is 24.3 Å². The van der Waals surface area contributed by atoms with Crippen molar-refractivity contribution in [2.45, 2.75) is 6.18 Å². The maximum absolute atomic E-state index is 13.1. The SMILES string of the molecule is O=C(c1ccnc(F)c1)N1CCN(c2cccc(C(F)(F)F)c2)CC1. The number of pyridine rings is 1. The van der Waals surface area contributed by atoms with Gasteiger partial charge in [-0.25, -0.2) is 4.98 Å². The van der Waals surface area contributed by atoms with Crippen LogP contribution in [-0.2, 0) is 6.18 Å². The number of hydrogen-bond acceptors (Lipinski definition) is 3. The fourth-order valence-corrected chi connectivity index (χ4v) is 2.76. The average Bonchev–Trinajstić information content (AvgIpc) is 2.61. The largest absolute Gasteiger partial charge is 0.416 e. The Morgan fingerprint density at radius 3 is 2.40 bits per heavy atom. The molecule has 1 saturated heterocycles. The summed E-state index contributed by atoms with van der Waals surface area (Å²) < 4.78 is 51.6. The van der Waals surface area contributed by atoms with Gasteiger partial charge in [-0.15, -0.1) is 0 Å². The highest BCUT2D eigenvalue weighted by atomic mass is 19.4. The highest BCUT2D eigenvalue weighted by Crippen LogP contribution is 2.31. The molecule has 1 amide bonds. The van der Waals surface area contributed by atoms with Crippen molar-refractivity contribution in [1.29, 1.82) is 0 Å². The molecule has 8 heteroatoms. The first-order valence-electron chi connectivity index (χ1n) is 7.67. The zero-order valence-electron chi connectivity index (χ0n) is 13.1. The van der Waals surface area contributed by atoms with Gasteiger partial charge < -0.3 is 9.80 Å². The summed E-state index contributed by atoms with van der Waals surface area (Å²) in [5.74, 6) is -1.04. The van der Waals surface area contributed by atoms with Crippen LogP contribution in [0, 0.1) is 5.95 Å². The van der Waals surface area contributed by atoms with Gasteiger partial charge in [0.1, 0.15) is 0 Å². The molecule has 2 heterocycles. The molecule has 0 radical (unpaired) electrons. The fourth-order valence-electron chi connectivity index (χ4n) is 2.76. The molecular formula is C17H15F4N3O. The van der Waals surface area contributed by atoms with Crippen molar-refractivity contribution in [3.63, 3.8) is 0 Å². The van der Waals surface area contributed by atoms with E-state index >= 15 is 0 Å². The molecule has 132 valence electrons. The topological polar surface area (TPSA) is 36.4 Å². The first-order valence-corrected chi connectivity index (χ1v) is 7.67. The number of nitrogens with zero attached hydrogens (tertiary/aromatic N) is 3.